The molecule has 0 fully saturated rings. The molecule has 0 saturated carbocycles. The van der Waals surface area contributed by atoms with Gasteiger partial charge in [0.1, 0.15) is 6.54 Å². The van der Waals surface area contributed by atoms with E-state index >= 15 is 0 Å². The lowest BCUT2D eigenvalue weighted by Crippen LogP contribution is -2.39. The molecule has 166 valence electrons. The number of sulfonamides is 1. The summed E-state index contributed by atoms with van der Waals surface area (Å²) in [6, 6.07) is 16.9. The van der Waals surface area contributed by atoms with Crippen molar-refractivity contribution in [2.75, 3.05) is 10.8 Å². The van der Waals surface area contributed by atoms with E-state index in [9.17, 15) is 13.2 Å². The van der Waals surface area contributed by atoms with Crippen LogP contribution in [0.4, 0.5) is 5.69 Å². The molecule has 1 amide bonds. The first-order chi connectivity index (χ1) is 15.2. The molecule has 0 unspecified atom stereocenters. The Kier molecular flexibility index (Phi) is 8.03. The Morgan fingerprint density at radius 2 is 1.66 bits per heavy atom. The molecule has 0 aliphatic heterocycles. The second kappa shape index (κ2) is 10.6. The zero-order chi connectivity index (χ0) is 23.3. The Hall–Kier alpha value is -2.29. The van der Waals surface area contributed by atoms with Crippen molar-refractivity contribution < 1.29 is 13.2 Å². The quantitative estimate of drug-likeness (QED) is 0.317. The Morgan fingerprint density at radius 3 is 2.34 bits per heavy atom. The van der Waals surface area contributed by atoms with Gasteiger partial charge in [0.15, 0.2) is 0 Å². The maximum absolute atomic E-state index is 13.3. The maximum atomic E-state index is 13.3. The zero-order valence-electron chi connectivity index (χ0n) is 16.2. The van der Waals surface area contributed by atoms with E-state index < -0.39 is 22.5 Å². The van der Waals surface area contributed by atoms with Gasteiger partial charge in [-0.3, -0.25) is 9.10 Å². The topological polar surface area (TPSA) is 78.8 Å². The molecule has 3 aromatic carbocycles. The molecular weight excluding hydrogens is 516 g/mol. The number of hydrogen-bond acceptors (Lipinski definition) is 4. The number of rotatable bonds is 7. The lowest BCUT2D eigenvalue weighted by atomic mass is 10.2. The SMILES string of the molecule is O=C(CN(c1cccc(Cl)c1Cl)S(=O)(=O)c1ccccc1)N/N=C\c1ccc(Cl)cc1Cl. The maximum Gasteiger partial charge on any atom is 0.264 e. The number of nitrogens with one attached hydrogen (secondary N) is 1. The van der Waals surface area contributed by atoms with Crippen LogP contribution in [-0.2, 0) is 14.8 Å². The van der Waals surface area contributed by atoms with Gasteiger partial charge in [0.25, 0.3) is 15.9 Å². The molecule has 0 aromatic heterocycles. The molecule has 3 rings (SSSR count). The number of anilines is 1. The van der Waals surface area contributed by atoms with Crippen LogP contribution in [0.15, 0.2) is 76.7 Å². The van der Waals surface area contributed by atoms with E-state index in [0.717, 1.165) is 4.31 Å². The van der Waals surface area contributed by atoms with Crippen molar-refractivity contribution in [2.45, 2.75) is 4.90 Å². The number of hydrogen-bond donors (Lipinski definition) is 1. The molecule has 3 aromatic rings. The van der Waals surface area contributed by atoms with Crippen molar-refractivity contribution in [3.8, 4) is 0 Å². The predicted octanol–water partition coefficient (Wildman–Crippen LogP) is 5.65. The number of benzene rings is 3. The first-order valence-corrected chi connectivity index (χ1v) is 11.9. The summed E-state index contributed by atoms with van der Waals surface area (Å²) in [4.78, 5) is 12.6. The van der Waals surface area contributed by atoms with E-state index in [0.29, 0.717) is 15.6 Å². The summed E-state index contributed by atoms with van der Waals surface area (Å²) in [5, 5.41) is 4.78. The highest BCUT2D eigenvalue weighted by molar-refractivity contribution is 7.92. The van der Waals surface area contributed by atoms with Gasteiger partial charge >= 0.3 is 0 Å². The minimum absolute atomic E-state index is 0.00193. The van der Waals surface area contributed by atoms with Gasteiger partial charge < -0.3 is 0 Å². The van der Waals surface area contributed by atoms with Crippen molar-refractivity contribution in [3.63, 3.8) is 0 Å². The minimum Gasteiger partial charge on any atom is -0.271 e. The van der Waals surface area contributed by atoms with E-state index in [1.165, 1.54) is 42.6 Å². The summed E-state index contributed by atoms with van der Waals surface area (Å²) in [7, 11) is -4.14. The van der Waals surface area contributed by atoms with Crippen molar-refractivity contribution >= 4 is 74.2 Å². The van der Waals surface area contributed by atoms with Crippen LogP contribution in [0.1, 0.15) is 5.56 Å². The van der Waals surface area contributed by atoms with Crippen molar-refractivity contribution in [3.05, 3.63) is 92.4 Å². The summed E-state index contributed by atoms with van der Waals surface area (Å²) >= 11 is 24.2. The second-order valence-electron chi connectivity index (χ2n) is 6.36. The summed E-state index contributed by atoms with van der Waals surface area (Å²) in [5.74, 6) is -0.707. The molecule has 0 aliphatic rings. The number of amides is 1. The van der Waals surface area contributed by atoms with Crippen molar-refractivity contribution in [2.24, 2.45) is 5.10 Å². The van der Waals surface area contributed by atoms with Crippen LogP contribution in [-0.4, -0.2) is 27.1 Å². The van der Waals surface area contributed by atoms with Gasteiger partial charge in [0.2, 0.25) is 0 Å². The number of carbonyl (C=O) groups is 1. The molecule has 0 atom stereocenters. The van der Waals surface area contributed by atoms with E-state index in [4.69, 9.17) is 46.4 Å². The van der Waals surface area contributed by atoms with Crippen LogP contribution in [0, 0.1) is 0 Å². The van der Waals surface area contributed by atoms with E-state index in [2.05, 4.69) is 10.5 Å². The fourth-order valence-electron chi connectivity index (χ4n) is 2.65. The molecule has 0 radical (unpaired) electrons. The standard InChI is InChI=1S/C21H15Cl4N3O3S/c22-15-10-9-14(18(24)11-15)12-26-27-20(29)13-28(19-8-4-7-17(23)21(19)25)32(30,31)16-5-2-1-3-6-16/h1-12H,13H2,(H,27,29)/b26-12-. The predicted molar refractivity (Wildman–Crippen MR) is 130 cm³/mol. The van der Waals surface area contributed by atoms with Crippen LogP contribution < -0.4 is 9.73 Å². The lowest BCUT2D eigenvalue weighted by molar-refractivity contribution is -0.119. The monoisotopic (exact) mass is 529 g/mol. The average molecular weight is 531 g/mol. The van der Waals surface area contributed by atoms with Crippen LogP contribution in [0.3, 0.4) is 0 Å². The number of hydrazone groups is 1. The van der Waals surface area contributed by atoms with Gasteiger partial charge in [-0.1, -0.05) is 76.7 Å². The number of carbonyl (C=O) groups excluding carboxylic acids is 1. The third-order valence-corrected chi connectivity index (χ3v) is 7.32. The highest BCUT2D eigenvalue weighted by Crippen LogP contribution is 2.35. The third-order valence-electron chi connectivity index (χ3n) is 4.17. The molecule has 32 heavy (non-hydrogen) atoms. The fourth-order valence-corrected chi connectivity index (χ4v) is 5.01. The summed E-state index contributed by atoms with van der Waals surface area (Å²) in [6.45, 7) is -0.594. The Labute approximate surface area is 205 Å². The summed E-state index contributed by atoms with van der Waals surface area (Å²) < 4.78 is 27.4. The molecule has 0 aliphatic carbocycles. The largest absolute Gasteiger partial charge is 0.271 e. The van der Waals surface area contributed by atoms with Gasteiger partial charge in [-0.05, 0) is 36.4 Å². The van der Waals surface area contributed by atoms with E-state index in [1.54, 1.807) is 30.3 Å². The fraction of sp³-hybridized carbons (Fsp3) is 0.0476. The molecular formula is C21H15Cl4N3O3S. The third kappa shape index (κ3) is 5.74. The van der Waals surface area contributed by atoms with Crippen LogP contribution in [0.25, 0.3) is 0 Å². The molecule has 0 spiro atoms. The molecule has 0 saturated heterocycles. The van der Waals surface area contributed by atoms with Gasteiger partial charge in [0.05, 0.1) is 31.9 Å². The second-order valence-corrected chi connectivity index (χ2v) is 9.85. The first kappa shape index (κ1) is 24.4. The molecule has 0 heterocycles. The van der Waals surface area contributed by atoms with Gasteiger partial charge in [-0.15, -0.1) is 0 Å². The highest BCUT2D eigenvalue weighted by Gasteiger charge is 2.29. The van der Waals surface area contributed by atoms with Gasteiger partial charge in [-0.25, -0.2) is 13.8 Å². The van der Waals surface area contributed by atoms with Crippen LogP contribution in [0.2, 0.25) is 20.1 Å². The molecule has 6 nitrogen and oxygen atoms in total. The highest BCUT2D eigenvalue weighted by atomic mass is 35.5. The van der Waals surface area contributed by atoms with Gasteiger partial charge in [0, 0.05) is 10.6 Å². The zero-order valence-corrected chi connectivity index (χ0v) is 20.0. The average Bonchev–Trinajstić information content (AvgIpc) is 2.76. The normalized spacial score (nSPS) is 11.5. The van der Waals surface area contributed by atoms with E-state index in [-0.39, 0.29) is 20.6 Å². The minimum atomic E-state index is -4.14. The Bertz CT molecular complexity index is 1270. The number of halogens is 4. The van der Waals surface area contributed by atoms with E-state index in [1.807, 2.05) is 0 Å². The molecule has 0 bridgehead atoms. The number of nitrogens with zero attached hydrogens (tertiary/aromatic N) is 2. The molecule has 1 N–H and O–H groups in total. The first-order valence-electron chi connectivity index (χ1n) is 8.99. The van der Waals surface area contributed by atoms with Crippen molar-refractivity contribution in [1.82, 2.24) is 5.43 Å². The summed E-state index contributed by atoms with van der Waals surface area (Å²) in [6.07, 6.45) is 1.32. The van der Waals surface area contributed by atoms with Crippen molar-refractivity contribution in [1.29, 1.82) is 0 Å². The van der Waals surface area contributed by atoms with Crippen LogP contribution >= 0.6 is 46.4 Å². The smallest absolute Gasteiger partial charge is 0.264 e. The van der Waals surface area contributed by atoms with Gasteiger partial charge in [-0.2, -0.15) is 5.10 Å². The molecule has 11 heteroatoms. The lowest BCUT2D eigenvalue weighted by Gasteiger charge is -2.24. The summed E-state index contributed by atoms with van der Waals surface area (Å²) in [5.41, 5.74) is 2.86. The van der Waals surface area contributed by atoms with Crippen LogP contribution in [0.5, 0.6) is 0 Å². The Morgan fingerprint density at radius 1 is 0.938 bits per heavy atom. The Balaban J connectivity index is 1.88.